The fourth-order valence-corrected chi connectivity index (χ4v) is 2.63. The van der Waals surface area contributed by atoms with Crippen LogP contribution in [0.4, 0.5) is 5.00 Å². The highest BCUT2D eigenvalue weighted by Crippen LogP contribution is 2.28. The molecule has 1 atom stereocenters. The summed E-state index contributed by atoms with van der Waals surface area (Å²) in [7, 11) is 0. The highest BCUT2D eigenvalue weighted by atomic mass is 32.1. The lowest BCUT2D eigenvalue weighted by molar-refractivity contribution is -0.144. The van der Waals surface area contributed by atoms with Gasteiger partial charge >= 0.3 is 5.97 Å². The number of anilines is 1. The predicted molar refractivity (Wildman–Crippen MR) is 90.7 cm³/mol. The highest BCUT2D eigenvalue weighted by molar-refractivity contribution is 7.18. The van der Waals surface area contributed by atoms with Crippen LogP contribution in [0.1, 0.15) is 49.9 Å². The van der Waals surface area contributed by atoms with Gasteiger partial charge in [0.1, 0.15) is 6.04 Å². The molecule has 0 saturated carbocycles. The van der Waals surface area contributed by atoms with Crippen molar-refractivity contribution in [3.05, 3.63) is 16.5 Å². The fourth-order valence-electron chi connectivity index (χ4n) is 1.66. The molecule has 7 heteroatoms. The number of hydrogen-bond donors (Lipinski definition) is 2. The number of hydrogen-bond acceptors (Lipinski definition) is 5. The molecule has 23 heavy (non-hydrogen) atoms. The number of aryl methyl sites for hydroxylation is 1. The highest BCUT2D eigenvalue weighted by Gasteiger charge is 2.24. The van der Waals surface area contributed by atoms with Gasteiger partial charge in [-0.1, -0.05) is 20.8 Å². The maximum atomic E-state index is 12.3. The zero-order chi connectivity index (χ0) is 17.8. The molecule has 1 heterocycles. The number of carbonyl (C=O) groups excluding carboxylic acids is 3. The van der Waals surface area contributed by atoms with Crippen LogP contribution >= 0.6 is 11.3 Å². The molecular weight excluding hydrogens is 316 g/mol. The van der Waals surface area contributed by atoms with Crippen molar-refractivity contribution in [1.29, 1.82) is 0 Å². The first-order chi connectivity index (χ1) is 10.6. The van der Waals surface area contributed by atoms with Crippen LogP contribution in [-0.4, -0.2) is 30.4 Å². The summed E-state index contributed by atoms with van der Waals surface area (Å²) >= 11 is 1.18. The Morgan fingerprint density at radius 1 is 1.30 bits per heavy atom. The molecule has 0 aliphatic carbocycles. The molecule has 2 amide bonds. The molecule has 1 rings (SSSR count). The molecule has 128 valence electrons. The zero-order valence-electron chi connectivity index (χ0n) is 14.4. The Balaban J connectivity index is 2.80. The molecule has 0 aliphatic rings. The predicted octanol–water partition coefficient (Wildman–Crippen LogP) is 2.72. The van der Waals surface area contributed by atoms with E-state index < -0.39 is 17.4 Å². The number of amides is 2. The quantitative estimate of drug-likeness (QED) is 0.807. The van der Waals surface area contributed by atoms with Crippen LogP contribution in [0.25, 0.3) is 0 Å². The SMILES string of the molecule is CCOC(=O)[C@H](C)NC(=O)c1sc(NC(=O)C(C)(C)C)cc1C. The number of thiophene rings is 1. The maximum absolute atomic E-state index is 12.3. The van der Waals surface area contributed by atoms with E-state index in [1.54, 1.807) is 26.8 Å². The smallest absolute Gasteiger partial charge is 0.328 e. The second kappa shape index (κ2) is 7.59. The maximum Gasteiger partial charge on any atom is 0.328 e. The molecule has 0 fully saturated rings. The number of nitrogens with one attached hydrogen (secondary N) is 2. The van der Waals surface area contributed by atoms with E-state index in [4.69, 9.17) is 4.74 Å². The van der Waals surface area contributed by atoms with Crippen molar-refractivity contribution in [2.24, 2.45) is 5.41 Å². The van der Waals surface area contributed by atoms with Crippen molar-refractivity contribution >= 4 is 34.1 Å². The summed E-state index contributed by atoms with van der Waals surface area (Å²) in [6.07, 6.45) is 0. The minimum absolute atomic E-state index is 0.120. The van der Waals surface area contributed by atoms with Gasteiger partial charge in [-0.3, -0.25) is 9.59 Å². The first-order valence-electron chi connectivity index (χ1n) is 7.45. The number of rotatable bonds is 5. The van der Waals surface area contributed by atoms with Gasteiger partial charge in [0.25, 0.3) is 5.91 Å². The summed E-state index contributed by atoms with van der Waals surface area (Å²) in [4.78, 5) is 36.3. The lowest BCUT2D eigenvalue weighted by Gasteiger charge is -2.16. The van der Waals surface area contributed by atoms with Crippen molar-refractivity contribution in [3.63, 3.8) is 0 Å². The molecule has 0 radical (unpaired) electrons. The van der Waals surface area contributed by atoms with E-state index in [1.807, 2.05) is 20.8 Å². The molecule has 1 aromatic heterocycles. The molecule has 0 spiro atoms. The Morgan fingerprint density at radius 3 is 2.43 bits per heavy atom. The standard InChI is InChI=1S/C16H24N2O4S/c1-7-22-14(20)10(3)17-13(19)12-9(2)8-11(23-12)18-15(21)16(4,5)6/h8,10H,7H2,1-6H3,(H,17,19)(H,18,21)/t10-/m0/s1. The molecule has 2 N–H and O–H groups in total. The summed E-state index contributed by atoms with van der Waals surface area (Å²) in [5, 5.41) is 6.01. The van der Waals surface area contributed by atoms with Crippen LogP contribution < -0.4 is 10.6 Å². The Morgan fingerprint density at radius 2 is 1.91 bits per heavy atom. The van der Waals surface area contributed by atoms with E-state index in [1.165, 1.54) is 11.3 Å². The molecule has 0 unspecified atom stereocenters. The van der Waals surface area contributed by atoms with Crippen LogP contribution in [-0.2, 0) is 14.3 Å². The third kappa shape index (κ3) is 5.35. The van der Waals surface area contributed by atoms with Gasteiger partial charge in [0.15, 0.2) is 0 Å². The largest absolute Gasteiger partial charge is 0.464 e. The van der Waals surface area contributed by atoms with Gasteiger partial charge in [0, 0.05) is 5.41 Å². The van der Waals surface area contributed by atoms with Crippen molar-refractivity contribution in [2.75, 3.05) is 11.9 Å². The fraction of sp³-hybridized carbons (Fsp3) is 0.562. The normalized spacial score (nSPS) is 12.4. The van der Waals surface area contributed by atoms with Gasteiger partial charge in [-0.15, -0.1) is 11.3 Å². The van der Waals surface area contributed by atoms with Crippen LogP contribution in [0.5, 0.6) is 0 Å². The molecule has 0 aliphatic heterocycles. The number of esters is 1. The topological polar surface area (TPSA) is 84.5 Å². The van der Waals surface area contributed by atoms with Gasteiger partial charge in [-0.25, -0.2) is 4.79 Å². The van der Waals surface area contributed by atoms with E-state index in [0.717, 1.165) is 5.56 Å². The Hall–Kier alpha value is -1.89. The molecular formula is C16H24N2O4S. The monoisotopic (exact) mass is 340 g/mol. The van der Waals surface area contributed by atoms with Gasteiger partial charge in [-0.05, 0) is 32.4 Å². The lowest BCUT2D eigenvalue weighted by atomic mass is 9.96. The first kappa shape index (κ1) is 19.2. The van der Waals surface area contributed by atoms with Crippen molar-refractivity contribution in [1.82, 2.24) is 5.32 Å². The summed E-state index contributed by atoms with van der Waals surface area (Å²) in [6.45, 7) is 10.8. The number of ether oxygens (including phenoxy) is 1. The summed E-state index contributed by atoms with van der Waals surface area (Å²) in [5.41, 5.74) is 0.228. The molecule has 0 bridgehead atoms. The second-order valence-electron chi connectivity index (χ2n) is 6.27. The Bertz CT molecular complexity index is 602. The first-order valence-corrected chi connectivity index (χ1v) is 8.27. The summed E-state index contributed by atoms with van der Waals surface area (Å²) < 4.78 is 4.86. The van der Waals surface area contributed by atoms with Crippen LogP contribution in [0.2, 0.25) is 0 Å². The van der Waals surface area contributed by atoms with Gasteiger partial charge in [0.05, 0.1) is 16.5 Å². The third-order valence-electron chi connectivity index (χ3n) is 3.03. The van der Waals surface area contributed by atoms with E-state index in [-0.39, 0.29) is 18.4 Å². The molecule has 0 aromatic carbocycles. The zero-order valence-corrected chi connectivity index (χ0v) is 15.2. The number of carbonyl (C=O) groups is 3. The van der Waals surface area contributed by atoms with E-state index in [0.29, 0.717) is 9.88 Å². The van der Waals surface area contributed by atoms with Gasteiger partial charge in [0.2, 0.25) is 5.91 Å². The summed E-state index contributed by atoms with van der Waals surface area (Å²) in [6, 6.07) is 1.02. The summed E-state index contributed by atoms with van der Waals surface area (Å²) in [5.74, 6) is -0.953. The average molecular weight is 340 g/mol. The second-order valence-corrected chi connectivity index (χ2v) is 7.33. The molecule has 0 saturated heterocycles. The van der Waals surface area contributed by atoms with Crippen molar-refractivity contribution < 1.29 is 19.1 Å². The van der Waals surface area contributed by atoms with E-state index >= 15 is 0 Å². The van der Waals surface area contributed by atoms with Crippen LogP contribution in [0.3, 0.4) is 0 Å². The lowest BCUT2D eigenvalue weighted by Crippen LogP contribution is -2.39. The Labute approximate surface area is 140 Å². The van der Waals surface area contributed by atoms with Crippen molar-refractivity contribution in [3.8, 4) is 0 Å². The van der Waals surface area contributed by atoms with Gasteiger partial charge < -0.3 is 15.4 Å². The minimum Gasteiger partial charge on any atom is -0.464 e. The molecule has 6 nitrogen and oxygen atoms in total. The minimum atomic E-state index is -0.725. The van der Waals surface area contributed by atoms with E-state index in [9.17, 15) is 14.4 Å². The third-order valence-corrected chi connectivity index (χ3v) is 4.18. The van der Waals surface area contributed by atoms with Crippen molar-refractivity contribution in [2.45, 2.75) is 47.6 Å². The van der Waals surface area contributed by atoms with Crippen LogP contribution in [0.15, 0.2) is 6.07 Å². The van der Waals surface area contributed by atoms with Crippen LogP contribution in [0, 0.1) is 12.3 Å². The Kier molecular flexibility index (Phi) is 6.32. The van der Waals surface area contributed by atoms with E-state index in [2.05, 4.69) is 10.6 Å². The molecule has 1 aromatic rings. The average Bonchev–Trinajstić information content (AvgIpc) is 2.78. The van der Waals surface area contributed by atoms with Gasteiger partial charge in [-0.2, -0.15) is 0 Å².